The van der Waals surface area contributed by atoms with Gasteiger partial charge < -0.3 is 15.7 Å². The number of aliphatic hydroxyl groups excluding tert-OH is 1. The first-order valence-corrected chi connectivity index (χ1v) is 7.11. The van der Waals surface area contributed by atoms with Gasteiger partial charge in [0.05, 0.1) is 18.5 Å². The average Bonchev–Trinajstić information content (AvgIpc) is 2.67. The number of amides is 1. The Kier molecular flexibility index (Phi) is 4.97. The molecule has 7 heteroatoms. The fourth-order valence-electron chi connectivity index (χ4n) is 2.56. The van der Waals surface area contributed by atoms with Crippen LogP contribution in [0.1, 0.15) is 23.8 Å². The van der Waals surface area contributed by atoms with E-state index in [1.165, 1.54) is 6.20 Å². The van der Waals surface area contributed by atoms with E-state index in [4.69, 9.17) is 10.8 Å². The Balaban J connectivity index is 2.07. The van der Waals surface area contributed by atoms with E-state index in [2.05, 4.69) is 10.00 Å². The van der Waals surface area contributed by atoms with Crippen molar-refractivity contribution in [2.75, 3.05) is 45.1 Å². The number of aryl methyl sites for hydroxylation is 1. The largest absolute Gasteiger partial charge is 0.396 e. The van der Waals surface area contributed by atoms with Crippen molar-refractivity contribution in [3.05, 3.63) is 11.9 Å². The summed E-state index contributed by atoms with van der Waals surface area (Å²) in [4.78, 5) is 16.6. The fraction of sp³-hybridized carbons (Fsp3) is 0.692. The molecule has 0 atom stereocenters. The molecule has 7 nitrogen and oxygen atoms in total. The van der Waals surface area contributed by atoms with Crippen LogP contribution in [0.4, 0.5) is 5.69 Å². The SMILES string of the molecule is CCn1ncc(N)c1C(=O)N1CCCN(CCO)CC1. The van der Waals surface area contributed by atoms with Crippen LogP contribution in [0.3, 0.4) is 0 Å². The number of β-amino-alcohol motifs (C(OH)–C–C–N with tert-alkyl or cyclic N) is 1. The predicted molar refractivity (Wildman–Crippen MR) is 76.4 cm³/mol. The van der Waals surface area contributed by atoms with Gasteiger partial charge in [-0.15, -0.1) is 0 Å². The third-order valence-electron chi connectivity index (χ3n) is 3.66. The topological polar surface area (TPSA) is 87.6 Å². The molecule has 20 heavy (non-hydrogen) atoms. The first-order valence-electron chi connectivity index (χ1n) is 7.11. The van der Waals surface area contributed by atoms with Crippen molar-refractivity contribution in [3.63, 3.8) is 0 Å². The number of hydrogen-bond donors (Lipinski definition) is 2. The van der Waals surface area contributed by atoms with Crippen molar-refractivity contribution in [1.82, 2.24) is 19.6 Å². The van der Waals surface area contributed by atoms with Crippen LogP contribution >= 0.6 is 0 Å². The minimum absolute atomic E-state index is 0.0484. The first-order chi connectivity index (χ1) is 9.67. The smallest absolute Gasteiger partial charge is 0.274 e. The maximum Gasteiger partial charge on any atom is 0.274 e. The molecular weight excluding hydrogens is 258 g/mol. The minimum atomic E-state index is -0.0484. The molecule has 0 aliphatic carbocycles. The average molecular weight is 281 g/mol. The van der Waals surface area contributed by atoms with Crippen LogP contribution < -0.4 is 5.73 Å². The Morgan fingerprint density at radius 1 is 1.40 bits per heavy atom. The van der Waals surface area contributed by atoms with E-state index < -0.39 is 0 Å². The van der Waals surface area contributed by atoms with Gasteiger partial charge in [-0.25, -0.2) is 0 Å². The maximum atomic E-state index is 12.6. The lowest BCUT2D eigenvalue weighted by Gasteiger charge is -2.22. The Morgan fingerprint density at radius 2 is 2.20 bits per heavy atom. The molecule has 1 saturated heterocycles. The van der Waals surface area contributed by atoms with Crippen LogP contribution in [-0.4, -0.2) is 69.9 Å². The van der Waals surface area contributed by atoms with E-state index >= 15 is 0 Å². The Morgan fingerprint density at radius 3 is 2.90 bits per heavy atom. The second-order valence-electron chi connectivity index (χ2n) is 4.98. The highest BCUT2D eigenvalue weighted by atomic mass is 16.3. The molecule has 1 aliphatic heterocycles. The third-order valence-corrected chi connectivity index (χ3v) is 3.66. The molecule has 0 spiro atoms. The highest BCUT2D eigenvalue weighted by molar-refractivity contribution is 5.97. The van der Waals surface area contributed by atoms with Gasteiger partial charge in [0.15, 0.2) is 0 Å². The second-order valence-corrected chi connectivity index (χ2v) is 4.98. The zero-order valence-corrected chi connectivity index (χ0v) is 12.0. The van der Waals surface area contributed by atoms with Gasteiger partial charge in [0.1, 0.15) is 5.69 Å². The van der Waals surface area contributed by atoms with Crippen LogP contribution in [0.2, 0.25) is 0 Å². The molecule has 0 radical (unpaired) electrons. The quantitative estimate of drug-likeness (QED) is 0.786. The van der Waals surface area contributed by atoms with Crippen molar-refractivity contribution in [1.29, 1.82) is 0 Å². The molecule has 0 bridgehead atoms. The molecule has 3 N–H and O–H groups in total. The van der Waals surface area contributed by atoms with Crippen LogP contribution in [0.25, 0.3) is 0 Å². The Bertz CT molecular complexity index is 460. The Hall–Kier alpha value is -1.60. The predicted octanol–water partition coefficient (Wildman–Crippen LogP) is -0.375. The van der Waals surface area contributed by atoms with E-state index in [0.29, 0.717) is 31.0 Å². The minimum Gasteiger partial charge on any atom is -0.396 e. The van der Waals surface area contributed by atoms with Crippen molar-refractivity contribution in [2.45, 2.75) is 19.9 Å². The number of carbonyl (C=O) groups excluding carboxylic acids is 1. The summed E-state index contributed by atoms with van der Waals surface area (Å²) >= 11 is 0. The van der Waals surface area contributed by atoms with Gasteiger partial charge in [-0.3, -0.25) is 14.4 Å². The number of nitrogens with two attached hydrogens (primary N) is 1. The van der Waals surface area contributed by atoms with Crippen molar-refractivity contribution < 1.29 is 9.90 Å². The van der Waals surface area contributed by atoms with E-state index in [9.17, 15) is 4.79 Å². The lowest BCUT2D eigenvalue weighted by molar-refractivity contribution is 0.0749. The van der Waals surface area contributed by atoms with Crippen LogP contribution in [-0.2, 0) is 6.54 Å². The van der Waals surface area contributed by atoms with E-state index in [1.807, 2.05) is 11.8 Å². The summed E-state index contributed by atoms with van der Waals surface area (Å²) in [5.41, 5.74) is 6.79. The summed E-state index contributed by atoms with van der Waals surface area (Å²) in [6.07, 6.45) is 2.44. The normalized spacial score (nSPS) is 17.2. The zero-order chi connectivity index (χ0) is 14.5. The summed E-state index contributed by atoms with van der Waals surface area (Å²) in [6.45, 7) is 6.46. The molecule has 1 aromatic rings. The molecule has 0 saturated carbocycles. The number of nitrogens with zero attached hydrogens (tertiary/aromatic N) is 4. The number of hydrogen-bond acceptors (Lipinski definition) is 5. The molecule has 112 valence electrons. The van der Waals surface area contributed by atoms with Gasteiger partial charge in [0.25, 0.3) is 5.91 Å². The number of aromatic nitrogens is 2. The summed E-state index contributed by atoms with van der Waals surface area (Å²) < 4.78 is 1.65. The molecule has 1 aliphatic rings. The van der Waals surface area contributed by atoms with E-state index in [1.54, 1.807) is 4.68 Å². The van der Waals surface area contributed by atoms with Crippen LogP contribution in [0.5, 0.6) is 0 Å². The molecule has 2 rings (SSSR count). The molecular formula is C13H23N5O2. The highest BCUT2D eigenvalue weighted by Gasteiger charge is 2.24. The molecule has 0 unspecified atom stereocenters. The van der Waals surface area contributed by atoms with Gasteiger partial charge in [0, 0.05) is 32.7 Å². The van der Waals surface area contributed by atoms with Crippen molar-refractivity contribution in [2.24, 2.45) is 0 Å². The monoisotopic (exact) mass is 281 g/mol. The van der Waals surface area contributed by atoms with Crippen LogP contribution in [0.15, 0.2) is 6.20 Å². The lowest BCUT2D eigenvalue weighted by Crippen LogP contribution is -2.37. The number of anilines is 1. The lowest BCUT2D eigenvalue weighted by atomic mass is 10.3. The maximum absolute atomic E-state index is 12.6. The zero-order valence-electron chi connectivity index (χ0n) is 12.0. The van der Waals surface area contributed by atoms with Gasteiger partial charge in [-0.1, -0.05) is 0 Å². The van der Waals surface area contributed by atoms with Crippen LogP contribution in [0, 0.1) is 0 Å². The third kappa shape index (κ3) is 3.10. The number of nitrogen functional groups attached to an aromatic ring is 1. The summed E-state index contributed by atoms with van der Waals surface area (Å²) in [5.74, 6) is -0.0484. The van der Waals surface area contributed by atoms with E-state index in [-0.39, 0.29) is 12.5 Å². The molecule has 1 amide bonds. The Labute approximate surface area is 118 Å². The molecule has 2 heterocycles. The van der Waals surface area contributed by atoms with E-state index in [0.717, 1.165) is 26.1 Å². The van der Waals surface area contributed by atoms with Gasteiger partial charge in [0.2, 0.25) is 0 Å². The number of rotatable bonds is 4. The van der Waals surface area contributed by atoms with Crippen molar-refractivity contribution in [3.8, 4) is 0 Å². The van der Waals surface area contributed by atoms with Gasteiger partial charge in [-0.05, 0) is 19.9 Å². The molecule has 1 aromatic heterocycles. The standard InChI is InChI=1S/C13H23N5O2/c1-2-18-12(11(14)10-15-18)13(20)17-5-3-4-16(6-7-17)8-9-19/h10,19H,2-9,14H2,1H3. The molecule has 1 fully saturated rings. The summed E-state index contributed by atoms with van der Waals surface area (Å²) in [5, 5.41) is 13.1. The highest BCUT2D eigenvalue weighted by Crippen LogP contribution is 2.15. The summed E-state index contributed by atoms with van der Waals surface area (Å²) in [6, 6.07) is 0. The van der Waals surface area contributed by atoms with Gasteiger partial charge in [-0.2, -0.15) is 5.10 Å². The number of aliphatic hydroxyl groups is 1. The number of carbonyl (C=O) groups is 1. The second kappa shape index (κ2) is 6.71. The first kappa shape index (κ1) is 14.8. The van der Waals surface area contributed by atoms with Gasteiger partial charge >= 0.3 is 0 Å². The molecule has 0 aromatic carbocycles. The van der Waals surface area contributed by atoms with Crippen molar-refractivity contribution >= 4 is 11.6 Å². The fourth-order valence-corrected chi connectivity index (χ4v) is 2.56. The summed E-state index contributed by atoms with van der Waals surface area (Å²) in [7, 11) is 0.